The van der Waals surface area contributed by atoms with Gasteiger partial charge in [-0.2, -0.15) is 0 Å². The quantitative estimate of drug-likeness (QED) is 0.701. The molecule has 1 aromatic carbocycles. The van der Waals surface area contributed by atoms with Crippen LogP contribution >= 0.6 is 11.6 Å². The molecule has 1 aliphatic carbocycles. The molecular formula is C25H37ClN4O2. The largest absolute Gasteiger partial charge is 0.337 e. The van der Waals surface area contributed by atoms with Gasteiger partial charge in [-0.05, 0) is 69.3 Å². The second-order valence-corrected chi connectivity index (χ2v) is 10.3. The molecule has 0 bridgehead atoms. The van der Waals surface area contributed by atoms with E-state index >= 15 is 0 Å². The van der Waals surface area contributed by atoms with Gasteiger partial charge in [0.15, 0.2) is 0 Å². The maximum absolute atomic E-state index is 12.9. The topological polar surface area (TPSA) is 64.7 Å². The molecule has 2 atom stereocenters. The Kier molecular flexibility index (Phi) is 7.74. The monoisotopic (exact) mass is 460 g/mol. The summed E-state index contributed by atoms with van der Waals surface area (Å²) >= 11 is 6.44. The Morgan fingerprint density at radius 3 is 2.56 bits per heavy atom. The zero-order valence-corrected chi connectivity index (χ0v) is 20.2. The average molecular weight is 461 g/mol. The highest BCUT2D eigenvalue weighted by Crippen LogP contribution is 2.30. The summed E-state index contributed by atoms with van der Waals surface area (Å²) in [4.78, 5) is 30.1. The summed E-state index contributed by atoms with van der Waals surface area (Å²) in [5.41, 5.74) is 3.02. The number of nitrogens with zero attached hydrogens (tertiary/aromatic N) is 2. The second-order valence-electron chi connectivity index (χ2n) is 9.87. The molecule has 2 heterocycles. The molecule has 0 radical (unpaired) electrons. The van der Waals surface area contributed by atoms with Gasteiger partial charge in [0.05, 0.1) is 5.92 Å². The number of nitrogens with one attached hydrogen (secondary N) is 2. The smallest absolute Gasteiger partial charge is 0.228 e. The number of piperidine rings is 1. The molecule has 2 aliphatic heterocycles. The van der Waals surface area contributed by atoms with E-state index < -0.39 is 0 Å². The summed E-state index contributed by atoms with van der Waals surface area (Å²) in [6.45, 7) is 9.23. The fraction of sp³-hybridized carbons (Fsp3) is 0.680. The number of carbonyl (C=O) groups is 2. The van der Waals surface area contributed by atoms with Gasteiger partial charge < -0.3 is 15.5 Å². The summed E-state index contributed by atoms with van der Waals surface area (Å²) in [6.07, 6.45) is 6.44. The molecule has 32 heavy (non-hydrogen) atoms. The van der Waals surface area contributed by atoms with Crippen molar-refractivity contribution in [2.45, 2.75) is 65.0 Å². The van der Waals surface area contributed by atoms with E-state index in [0.29, 0.717) is 10.9 Å². The van der Waals surface area contributed by atoms with Crippen molar-refractivity contribution in [3.63, 3.8) is 0 Å². The standard InChI is InChI=1S/C25H37ClN4O2/c1-17-15-29(10-11-30(17)25(32)19-6-3-4-7-19)16-21-12-22(26)13-23(18(21)2)28-24(31)20-8-5-9-27-14-20/h12-13,17,19-20,27H,3-11,14-16H2,1-2H3,(H,28,31). The number of amides is 2. The van der Waals surface area contributed by atoms with E-state index in [2.05, 4.69) is 34.3 Å². The lowest BCUT2D eigenvalue weighted by molar-refractivity contribution is -0.140. The Morgan fingerprint density at radius 2 is 1.88 bits per heavy atom. The van der Waals surface area contributed by atoms with E-state index in [1.54, 1.807) is 0 Å². The molecule has 0 spiro atoms. The van der Waals surface area contributed by atoms with Crippen LogP contribution in [-0.4, -0.2) is 60.4 Å². The van der Waals surface area contributed by atoms with E-state index in [0.717, 1.165) is 81.8 Å². The van der Waals surface area contributed by atoms with E-state index in [1.807, 2.05) is 12.1 Å². The fourth-order valence-electron chi connectivity index (χ4n) is 5.49. The lowest BCUT2D eigenvalue weighted by Crippen LogP contribution is -2.54. The van der Waals surface area contributed by atoms with Crippen LogP contribution in [-0.2, 0) is 16.1 Å². The third-order valence-corrected chi connectivity index (χ3v) is 7.72. The van der Waals surface area contributed by atoms with Crippen molar-refractivity contribution in [3.05, 3.63) is 28.3 Å². The fourth-order valence-corrected chi connectivity index (χ4v) is 5.73. The van der Waals surface area contributed by atoms with Gasteiger partial charge in [-0.3, -0.25) is 14.5 Å². The van der Waals surface area contributed by atoms with Crippen molar-refractivity contribution in [1.82, 2.24) is 15.1 Å². The van der Waals surface area contributed by atoms with Gasteiger partial charge in [-0.25, -0.2) is 0 Å². The van der Waals surface area contributed by atoms with Gasteiger partial charge in [0.25, 0.3) is 0 Å². The van der Waals surface area contributed by atoms with Crippen molar-refractivity contribution < 1.29 is 9.59 Å². The van der Waals surface area contributed by atoms with Gasteiger partial charge in [-0.1, -0.05) is 24.4 Å². The van der Waals surface area contributed by atoms with E-state index in [4.69, 9.17) is 11.6 Å². The van der Waals surface area contributed by atoms with Crippen LogP contribution in [0.4, 0.5) is 5.69 Å². The van der Waals surface area contributed by atoms with E-state index in [-0.39, 0.29) is 23.8 Å². The Balaban J connectivity index is 1.38. The van der Waals surface area contributed by atoms with Crippen LogP contribution in [0.25, 0.3) is 0 Å². The first-order valence-corrected chi connectivity index (χ1v) is 12.6. The molecule has 3 aliphatic rings. The van der Waals surface area contributed by atoms with Gasteiger partial charge in [-0.15, -0.1) is 0 Å². The maximum atomic E-state index is 12.9. The maximum Gasteiger partial charge on any atom is 0.228 e. The lowest BCUT2D eigenvalue weighted by atomic mass is 9.98. The predicted octanol–water partition coefficient (Wildman–Crippen LogP) is 3.81. The number of carbonyl (C=O) groups excluding carboxylic acids is 2. The van der Waals surface area contributed by atoms with E-state index in [9.17, 15) is 9.59 Å². The van der Waals surface area contributed by atoms with Crippen LogP contribution in [0, 0.1) is 18.8 Å². The van der Waals surface area contributed by atoms with Crippen molar-refractivity contribution in [3.8, 4) is 0 Å². The van der Waals surface area contributed by atoms with Gasteiger partial charge in [0.2, 0.25) is 11.8 Å². The van der Waals surface area contributed by atoms with Crippen LogP contribution in [0.15, 0.2) is 12.1 Å². The lowest BCUT2D eigenvalue weighted by Gasteiger charge is -2.41. The normalized spacial score (nSPS) is 25.2. The van der Waals surface area contributed by atoms with Crippen LogP contribution in [0.2, 0.25) is 5.02 Å². The van der Waals surface area contributed by atoms with Crippen LogP contribution < -0.4 is 10.6 Å². The number of anilines is 1. The molecule has 1 saturated carbocycles. The molecule has 3 fully saturated rings. The number of hydrogen-bond donors (Lipinski definition) is 2. The van der Waals surface area contributed by atoms with Crippen molar-refractivity contribution in [1.29, 1.82) is 0 Å². The van der Waals surface area contributed by atoms with Crippen molar-refractivity contribution in [2.24, 2.45) is 11.8 Å². The molecule has 2 saturated heterocycles. The van der Waals surface area contributed by atoms with Crippen LogP contribution in [0.3, 0.4) is 0 Å². The summed E-state index contributed by atoms with van der Waals surface area (Å²) in [7, 11) is 0. The molecule has 2 unspecified atom stereocenters. The number of rotatable bonds is 5. The summed E-state index contributed by atoms with van der Waals surface area (Å²) < 4.78 is 0. The minimum Gasteiger partial charge on any atom is -0.337 e. The van der Waals surface area contributed by atoms with Crippen molar-refractivity contribution >= 4 is 29.1 Å². The Hall–Kier alpha value is -1.63. The first kappa shape index (κ1) is 23.5. The molecule has 1 aromatic rings. The van der Waals surface area contributed by atoms with Crippen molar-refractivity contribution in [2.75, 3.05) is 38.0 Å². The molecule has 7 heteroatoms. The Morgan fingerprint density at radius 1 is 1.12 bits per heavy atom. The van der Waals surface area contributed by atoms with Crippen LogP contribution in [0.1, 0.15) is 56.6 Å². The highest BCUT2D eigenvalue weighted by atomic mass is 35.5. The molecule has 2 amide bonds. The molecule has 0 aromatic heterocycles. The van der Waals surface area contributed by atoms with Crippen LogP contribution in [0.5, 0.6) is 0 Å². The first-order valence-electron chi connectivity index (χ1n) is 12.3. The highest BCUT2D eigenvalue weighted by molar-refractivity contribution is 6.31. The Labute approximate surface area is 197 Å². The average Bonchev–Trinajstić information content (AvgIpc) is 3.32. The summed E-state index contributed by atoms with van der Waals surface area (Å²) in [5, 5.41) is 7.07. The van der Waals surface area contributed by atoms with Gasteiger partial charge in [0.1, 0.15) is 0 Å². The third kappa shape index (κ3) is 5.46. The molecule has 2 N–H and O–H groups in total. The first-order chi connectivity index (χ1) is 15.4. The summed E-state index contributed by atoms with van der Waals surface area (Å²) in [6, 6.07) is 4.08. The number of hydrogen-bond acceptors (Lipinski definition) is 4. The third-order valence-electron chi connectivity index (χ3n) is 7.50. The molecule has 4 rings (SSSR count). The molecular weight excluding hydrogens is 424 g/mol. The number of benzene rings is 1. The molecule has 6 nitrogen and oxygen atoms in total. The molecule has 176 valence electrons. The SMILES string of the molecule is Cc1c(CN2CCN(C(=O)C3CCCC3)C(C)C2)cc(Cl)cc1NC(=O)C1CCCNC1. The summed E-state index contributed by atoms with van der Waals surface area (Å²) in [5.74, 6) is 0.679. The van der Waals surface area contributed by atoms with Gasteiger partial charge >= 0.3 is 0 Å². The number of halogens is 1. The second kappa shape index (κ2) is 10.5. The highest BCUT2D eigenvalue weighted by Gasteiger charge is 2.33. The zero-order valence-electron chi connectivity index (χ0n) is 19.5. The van der Waals surface area contributed by atoms with E-state index in [1.165, 1.54) is 12.8 Å². The Bertz CT molecular complexity index is 833. The predicted molar refractivity (Wildman–Crippen MR) is 129 cm³/mol. The minimum atomic E-state index is 0.0110. The minimum absolute atomic E-state index is 0.0110. The van der Waals surface area contributed by atoms with Gasteiger partial charge in [0, 0.05) is 55.4 Å². The number of piperazine rings is 1. The zero-order chi connectivity index (χ0) is 22.7.